The van der Waals surface area contributed by atoms with Crippen molar-refractivity contribution in [3.05, 3.63) is 17.5 Å². The zero-order chi connectivity index (χ0) is 10.7. The lowest BCUT2D eigenvalue weighted by molar-refractivity contribution is -0.122. The second-order valence-corrected chi connectivity index (χ2v) is 3.40. The summed E-state index contributed by atoms with van der Waals surface area (Å²) in [7, 11) is 1.85. The van der Waals surface area contributed by atoms with Gasteiger partial charge in [-0.25, -0.2) is 0 Å². The van der Waals surface area contributed by atoms with Crippen molar-refractivity contribution in [2.24, 2.45) is 12.8 Å². The number of hydrogen-bond acceptors (Lipinski definition) is 3. The van der Waals surface area contributed by atoms with E-state index in [-0.39, 0.29) is 5.91 Å². The number of rotatable bonds is 3. The number of carbonyl (C=O) groups is 1. The van der Waals surface area contributed by atoms with Gasteiger partial charge in [0.25, 0.3) is 0 Å². The van der Waals surface area contributed by atoms with Crippen LogP contribution in [0.1, 0.15) is 18.2 Å². The topological polar surface area (TPSA) is 72.9 Å². The molecule has 0 aliphatic heterocycles. The third-order valence-electron chi connectivity index (χ3n) is 2.11. The molecular formula is C9H16N4O. The van der Waals surface area contributed by atoms with E-state index < -0.39 is 6.04 Å². The summed E-state index contributed by atoms with van der Waals surface area (Å²) >= 11 is 0. The van der Waals surface area contributed by atoms with Crippen molar-refractivity contribution in [3.63, 3.8) is 0 Å². The van der Waals surface area contributed by atoms with Crippen LogP contribution >= 0.6 is 0 Å². The van der Waals surface area contributed by atoms with Crippen molar-refractivity contribution in [1.29, 1.82) is 0 Å². The summed E-state index contributed by atoms with van der Waals surface area (Å²) in [6, 6.07) is -0.469. The van der Waals surface area contributed by atoms with Gasteiger partial charge in [-0.1, -0.05) is 0 Å². The molecule has 0 aromatic carbocycles. The predicted molar refractivity (Wildman–Crippen MR) is 53.4 cm³/mol. The fraction of sp³-hybridized carbons (Fsp3) is 0.556. The monoisotopic (exact) mass is 196 g/mol. The molecule has 1 aromatic heterocycles. The highest BCUT2D eigenvalue weighted by molar-refractivity contribution is 5.80. The Morgan fingerprint density at radius 2 is 2.43 bits per heavy atom. The number of hydrogen-bond donors (Lipinski definition) is 2. The smallest absolute Gasteiger partial charge is 0.236 e. The third-order valence-corrected chi connectivity index (χ3v) is 2.11. The van der Waals surface area contributed by atoms with Crippen molar-refractivity contribution in [1.82, 2.24) is 15.1 Å². The molecule has 1 unspecified atom stereocenters. The Balaban J connectivity index is 2.58. The van der Waals surface area contributed by atoms with Gasteiger partial charge < -0.3 is 11.1 Å². The van der Waals surface area contributed by atoms with Gasteiger partial charge in [-0.15, -0.1) is 0 Å². The van der Waals surface area contributed by atoms with Crippen LogP contribution in [-0.4, -0.2) is 21.7 Å². The van der Waals surface area contributed by atoms with E-state index in [1.807, 2.05) is 14.0 Å². The first-order chi connectivity index (χ1) is 6.52. The predicted octanol–water partition coefficient (Wildman–Crippen LogP) is -0.308. The standard InChI is InChI=1S/C9H16N4O/c1-6-4-12-13(3)8(6)5-11-9(14)7(2)10/h4,7H,5,10H2,1-3H3,(H,11,14). The molecule has 0 fully saturated rings. The lowest BCUT2D eigenvalue weighted by atomic mass is 10.2. The number of nitrogens with zero attached hydrogens (tertiary/aromatic N) is 2. The van der Waals surface area contributed by atoms with Crippen molar-refractivity contribution < 1.29 is 4.79 Å². The van der Waals surface area contributed by atoms with Crippen LogP contribution in [0.4, 0.5) is 0 Å². The van der Waals surface area contributed by atoms with Crippen molar-refractivity contribution >= 4 is 5.91 Å². The summed E-state index contributed by atoms with van der Waals surface area (Å²) in [4.78, 5) is 11.2. The van der Waals surface area contributed by atoms with E-state index in [9.17, 15) is 4.79 Å². The molecule has 1 amide bonds. The van der Waals surface area contributed by atoms with Crippen LogP contribution in [0, 0.1) is 6.92 Å². The lowest BCUT2D eigenvalue weighted by Gasteiger charge is -2.08. The van der Waals surface area contributed by atoms with Crippen LogP contribution in [0.3, 0.4) is 0 Å². The summed E-state index contributed by atoms with van der Waals surface area (Å²) < 4.78 is 1.75. The summed E-state index contributed by atoms with van der Waals surface area (Å²) in [5.41, 5.74) is 7.48. The van der Waals surface area contributed by atoms with E-state index in [0.717, 1.165) is 11.3 Å². The second-order valence-electron chi connectivity index (χ2n) is 3.40. The molecule has 78 valence electrons. The van der Waals surface area contributed by atoms with Gasteiger partial charge in [0.1, 0.15) is 0 Å². The molecule has 5 heteroatoms. The van der Waals surface area contributed by atoms with Gasteiger partial charge in [-0.2, -0.15) is 5.10 Å². The van der Waals surface area contributed by atoms with Crippen LogP contribution < -0.4 is 11.1 Å². The average molecular weight is 196 g/mol. The van der Waals surface area contributed by atoms with Crippen LogP contribution in [0.5, 0.6) is 0 Å². The van der Waals surface area contributed by atoms with E-state index in [2.05, 4.69) is 10.4 Å². The lowest BCUT2D eigenvalue weighted by Crippen LogP contribution is -2.38. The molecule has 1 atom stereocenters. The fourth-order valence-electron chi connectivity index (χ4n) is 1.16. The highest BCUT2D eigenvalue weighted by Crippen LogP contribution is 2.04. The molecule has 0 spiro atoms. The zero-order valence-electron chi connectivity index (χ0n) is 8.74. The first-order valence-corrected chi connectivity index (χ1v) is 4.53. The Morgan fingerprint density at radius 1 is 1.79 bits per heavy atom. The van der Waals surface area contributed by atoms with Crippen LogP contribution in [-0.2, 0) is 18.4 Å². The zero-order valence-corrected chi connectivity index (χ0v) is 8.74. The molecule has 1 aromatic rings. The second kappa shape index (κ2) is 4.23. The molecule has 14 heavy (non-hydrogen) atoms. The summed E-state index contributed by atoms with van der Waals surface area (Å²) in [5, 5.41) is 6.81. The Morgan fingerprint density at radius 3 is 2.86 bits per heavy atom. The number of nitrogens with one attached hydrogen (secondary N) is 1. The van der Waals surface area contributed by atoms with Gasteiger partial charge in [-0.05, 0) is 19.4 Å². The van der Waals surface area contributed by atoms with E-state index >= 15 is 0 Å². The Kier molecular flexibility index (Phi) is 3.24. The van der Waals surface area contributed by atoms with Crippen LogP contribution in [0.2, 0.25) is 0 Å². The molecule has 0 bridgehead atoms. The molecule has 0 saturated heterocycles. The minimum Gasteiger partial charge on any atom is -0.349 e. The van der Waals surface area contributed by atoms with E-state index in [1.54, 1.807) is 17.8 Å². The highest BCUT2D eigenvalue weighted by Gasteiger charge is 2.09. The van der Waals surface area contributed by atoms with Crippen molar-refractivity contribution in [2.75, 3.05) is 0 Å². The quantitative estimate of drug-likeness (QED) is 0.696. The fourth-order valence-corrected chi connectivity index (χ4v) is 1.16. The average Bonchev–Trinajstić information content (AvgIpc) is 2.43. The molecule has 0 radical (unpaired) electrons. The summed E-state index contributed by atoms with van der Waals surface area (Å²) in [5.74, 6) is -0.148. The molecule has 3 N–H and O–H groups in total. The third kappa shape index (κ3) is 2.32. The largest absolute Gasteiger partial charge is 0.349 e. The molecule has 0 aliphatic carbocycles. The molecule has 0 aliphatic rings. The number of aryl methyl sites for hydroxylation is 2. The van der Waals surface area contributed by atoms with Gasteiger partial charge in [0.2, 0.25) is 5.91 Å². The Hall–Kier alpha value is -1.36. The number of carbonyl (C=O) groups excluding carboxylic acids is 1. The maximum atomic E-state index is 11.2. The first kappa shape index (κ1) is 10.7. The van der Waals surface area contributed by atoms with Gasteiger partial charge in [0.15, 0.2) is 0 Å². The maximum absolute atomic E-state index is 11.2. The number of nitrogens with two attached hydrogens (primary N) is 1. The number of amides is 1. The molecular weight excluding hydrogens is 180 g/mol. The van der Waals surface area contributed by atoms with Crippen molar-refractivity contribution in [3.8, 4) is 0 Å². The minimum absolute atomic E-state index is 0.148. The van der Waals surface area contributed by atoms with Gasteiger partial charge >= 0.3 is 0 Å². The Bertz CT molecular complexity index is 310. The van der Waals surface area contributed by atoms with Gasteiger partial charge in [0.05, 0.1) is 24.5 Å². The van der Waals surface area contributed by atoms with Gasteiger partial charge in [-0.3, -0.25) is 9.48 Å². The molecule has 1 rings (SSSR count). The van der Waals surface area contributed by atoms with E-state index in [1.165, 1.54) is 0 Å². The van der Waals surface area contributed by atoms with E-state index in [0.29, 0.717) is 6.54 Å². The molecule has 1 heterocycles. The minimum atomic E-state index is -0.469. The molecule has 0 saturated carbocycles. The normalized spacial score (nSPS) is 12.6. The Labute approximate surface area is 83.3 Å². The van der Waals surface area contributed by atoms with E-state index in [4.69, 9.17) is 5.73 Å². The SMILES string of the molecule is Cc1cnn(C)c1CNC(=O)C(C)N. The highest BCUT2D eigenvalue weighted by atomic mass is 16.2. The van der Waals surface area contributed by atoms with Crippen molar-refractivity contribution in [2.45, 2.75) is 26.4 Å². The summed E-state index contributed by atoms with van der Waals surface area (Å²) in [6.07, 6.45) is 1.77. The van der Waals surface area contributed by atoms with Crippen LogP contribution in [0.15, 0.2) is 6.20 Å². The molecule has 5 nitrogen and oxygen atoms in total. The summed E-state index contributed by atoms with van der Waals surface area (Å²) in [6.45, 7) is 4.09. The first-order valence-electron chi connectivity index (χ1n) is 4.53. The number of aromatic nitrogens is 2. The maximum Gasteiger partial charge on any atom is 0.236 e. The van der Waals surface area contributed by atoms with Crippen LogP contribution in [0.25, 0.3) is 0 Å². The van der Waals surface area contributed by atoms with Gasteiger partial charge in [0, 0.05) is 7.05 Å².